The molecular weight excluding hydrogens is 252 g/mol. The summed E-state index contributed by atoms with van der Waals surface area (Å²) in [6.07, 6.45) is 1.28. The van der Waals surface area contributed by atoms with Gasteiger partial charge in [-0.3, -0.25) is 10.1 Å². The second-order valence-corrected chi connectivity index (χ2v) is 3.87. The number of nitrogens with zero attached hydrogens (tertiary/aromatic N) is 4. The summed E-state index contributed by atoms with van der Waals surface area (Å²) < 4.78 is 1.19. The maximum Gasteiger partial charge on any atom is 0.328 e. The summed E-state index contributed by atoms with van der Waals surface area (Å²) in [5.41, 5.74) is 0.394. The topological polar surface area (TPSA) is 111 Å². The lowest BCUT2D eigenvalue weighted by Crippen LogP contribution is -2.15. The highest BCUT2D eigenvalue weighted by molar-refractivity contribution is 5.71. The SMILES string of the molecule is CC(C(=O)O)n1cnc(-c2cccc([N+](=O)[O-])c2)n1. The van der Waals surface area contributed by atoms with Crippen molar-refractivity contribution in [2.24, 2.45) is 0 Å². The number of aliphatic carboxylic acids is 1. The van der Waals surface area contributed by atoms with Crippen LogP contribution in [0.5, 0.6) is 0 Å². The van der Waals surface area contributed by atoms with Crippen molar-refractivity contribution in [1.29, 1.82) is 0 Å². The molecule has 0 aliphatic carbocycles. The normalized spacial score (nSPS) is 12.1. The highest BCUT2D eigenvalue weighted by Gasteiger charge is 2.16. The summed E-state index contributed by atoms with van der Waals surface area (Å²) in [6.45, 7) is 1.47. The lowest BCUT2D eigenvalue weighted by molar-refractivity contribution is -0.384. The Kier molecular flexibility index (Phi) is 3.23. The fraction of sp³-hybridized carbons (Fsp3) is 0.182. The lowest BCUT2D eigenvalue weighted by Gasteiger charge is -2.04. The van der Waals surface area contributed by atoms with Crippen LogP contribution in [0.3, 0.4) is 0 Å². The Hall–Kier alpha value is -2.77. The van der Waals surface area contributed by atoms with Gasteiger partial charge < -0.3 is 5.11 Å². The zero-order valence-electron chi connectivity index (χ0n) is 9.92. The third-order valence-corrected chi connectivity index (χ3v) is 2.58. The largest absolute Gasteiger partial charge is 0.480 e. The Labute approximate surface area is 107 Å². The summed E-state index contributed by atoms with van der Waals surface area (Å²) in [7, 11) is 0. The summed E-state index contributed by atoms with van der Waals surface area (Å²) in [4.78, 5) is 24.9. The molecule has 0 spiro atoms. The molecule has 1 aromatic heterocycles. The van der Waals surface area contributed by atoms with Crippen molar-refractivity contribution in [3.8, 4) is 11.4 Å². The Morgan fingerprint density at radius 3 is 2.89 bits per heavy atom. The van der Waals surface area contributed by atoms with Crippen LogP contribution in [0, 0.1) is 10.1 Å². The summed E-state index contributed by atoms with van der Waals surface area (Å²) >= 11 is 0. The van der Waals surface area contributed by atoms with E-state index in [1.165, 1.54) is 36.1 Å². The number of rotatable bonds is 4. The van der Waals surface area contributed by atoms with Crippen LogP contribution in [0.25, 0.3) is 11.4 Å². The second-order valence-electron chi connectivity index (χ2n) is 3.87. The van der Waals surface area contributed by atoms with Crippen molar-refractivity contribution >= 4 is 11.7 Å². The zero-order valence-corrected chi connectivity index (χ0v) is 9.92. The summed E-state index contributed by atoms with van der Waals surface area (Å²) in [6, 6.07) is 5.00. The van der Waals surface area contributed by atoms with Gasteiger partial charge in [0, 0.05) is 17.7 Å². The quantitative estimate of drug-likeness (QED) is 0.660. The first kappa shape index (κ1) is 12.7. The molecule has 8 nitrogen and oxygen atoms in total. The molecular formula is C11H10N4O4. The van der Waals surface area contributed by atoms with Crippen molar-refractivity contribution in [3.63, 3.8) is 0 Å². The van der Waals surface area contributed by atoms with Crippen LogP contribution in [0.15, 0.2) is 30.6 Å². The molecule has 1 heterocycles. The average Bonchev–Trinajstić information content (AvgIpc) is 2.87. The predicted molar refractivity (Wildman–Crippen MR) is 64.5 cm³/mol. The number of nitro groups is 1. The molecule has 0 saturated carbocycles. The summed E-state index contributed by atoms with van der Waals surface area (Å²) in [5.74, 6) is -0.785. The number of hydrogen-bond acceptors (Lipinski definition) is 5. The van der Waals surface area contributed by atoms with Gasteiger partial charge in [0.15, 0.2) is 5.82 Å². The van der Waals surface area contributed by atoms with Gasteiger partial charge in [0.2, 0.25) is 0 Å². The molecule has 0 aliphatic heterocycles. The molecule has 0 amide bonds. The van der Waals surface area contributed by atoms with E-state index >= 15 is 0 Å². The van der Waals surface area contributed by atoms with Crippen molar-refractivity contribution in [2.45, 2.75) is 13.0 Å². The Balaban J connectivity index is 2.35. The molecule has 1 atom stereocenters. The Morgan fingerprint density at radius 2 is 2.26 bits per heavy atom. The number of carboxylic acid groups (broad SMARTS) is 1. The number of benzene rings is 1. The van der Waals surface area contributed by atoms with Gasteiger partial charge in [-0.1, -0.05) is 12.1 Å². The molecule has 1 N–H and O–H groups in total. The zero-order chi connectivity index (χ0) is 14.0. The van der Waals surface area contributed by atoms with Gasteiger partial charge in [0.1, 0.15) is 12.4 Å². The minimum Gasteiger partial charge on any atom is -0.480 e. The van der Waals surface area contributed by atoms with Gasteiger partial charge in [-0.2, -0.15) is 5.10 Å². The molecule has 1 unspecified atom stereocenters. The van der Waals surface area contributed by atoms with Crippen LogP contribution in [0.4, 0.5) is 5.69 Å². The van der Waals surface area contributed by atoms with Gasteiger partial charge in [0.05, 0.1) is 4.92 Å². The van der Waals surface area contributed by atoms with Gasteiger partial charge in [-0.05, 0) is 6.92 Å². The average molecular weight is 262 g/mol. The monoisotopic (exact) mass is 262 g/mol. The van der Waals surface area contributed by atoms with Gasteiger partial charge >= 0.3 is 5.97 Å². The van der Waals surface area contributed by atoms with Gasteiger partial charge in [0.25, 0.3) is 5.69 Å². The Bertz CT molecular complexity index is 637. The number of non-ortho nitro benzene ring substituents is 1. The minimum absolute atomic E-state index is 0.0693. The fourth-order valence-corrected chi connectivity index (χ4v) is 1.47. The van der Waals surface area contributed by atoms with Crippen LogP contribution in [-0.2, 0) is 4.79 Å². The molecule has 98 valence electrons. The minimum atomic E-state index is -1.03. The van der Waals surface area contributed by atoms with E-state index in [4.69, 9.17) is 5.11 Å². The maximum atomic E-state index is 10.8. The second kappa shape index (κ2) is 4.84. The lowest BCUT2D eigenvalue weighted by atomic mass is 10.2. The molecule has 0 fully saturated rings. The standard InChI is InChI=1S/C11H10N4O4/c1-7(11(16)17)14-6-12-10(13-14)8-3-2-4-9(5-8)15(18)19/h2-7H,1H3,(H,16,17). The van der Waals surface area contributed by atoms with E-state index in [0.717, 1.165) is 0 Å². The van der Waals surface area contributed by atoms with E-state index < -0.39 is 16.9 Å². The molecule has 1 aromatic carbocycles. The first-order valence-corrected chi connectivity index (χ1v) is 5.38. The molecule has 2 aromatic rings. The smallest absolute Gasteiger partial charge is 0.328 e. The van der Waals surface area contributed by atoms with Crippen LogP contribution >= 0.6 is 0 Å². The van der Waals surface area contributed by atoms with E-state index in [9.17, 15) is 14.9 Å². The van der Waals surface area contributed by atoms with E-state index in [-0.39, 0.29) is 11.5 Å². The number of hydrogen-bond donors (Lipinski definition) is 1. The van der Waals surface area contributed by atoms with Crippen LogP contribution < -0.4 is 0 Å². The van der Waals surface area contributed by atoms with Crippen LogP contribution in [0.1, 0.15) is 13.0 Å². The van der Waals surface area contributed by atoms with Gasteiger partial charge in [-0.25, -0.2) is 14.5 Å². The van der Waals surface area contributed by atoms with E-state index in [1.807, 2.05) is 0 Å². The number of aromatic nitrogens is 3. The molecule has 2 rings (SSSR count). The van der Waals surface area contributed by atoms with E-state index in [1.54, 1.807) is 6.07 Å². The number of carboxylic acids is 1. The van der Waals surface area contributed by atoms with Crippen molar-refractivity contribution < 1.29 is 14.8 Å². The van der Waals surface area contributed by atoms with Crippen molar-refractivity contribution in [3.05, 3.63) is 40.7 Å². The highest BCUT2D eigenvalue weighted by atomic mass is 16.6. The molecule has 8 heteroatoms. The fourth-order valence-electron chi connectivity index (χ4n) is 1.47. The molecule has 19 heavy (non-hydrogen) atoms. The molecule has 0 bridgehead atoms. The molecule has 0 radical (unpaired) electrons. The van der Waals surface area contributed by atoms with Crippen molar-refractivity contribution in [1.82, 2.24) is 14.8 Å². The van der Waals surface area contributed by atoms with Crippen LogP contribution in [-0.4, -0.2) is 30.8 Å². The van der Waals surface area contributed by atoms with Crippen molar-refractivity contribution in [2.75, 3.05) is 0 Å². The molecule has 0 saturated heterocycles. The van der Waals surface area contributed by atoms with Crippen LogP contribution in [0.2, 0.25) is 0 Å². The van der Waals surface area contributed by atoms with Gasteiger partial charge in [-0.15, -0.1) is 0 Å². The highest BCUT2D eigenvalue weighted by Crippen LogP contribution is 2.21. The maximum absolute atomic E-state index is 10.8. The predicted octanol–water partition coefficient (Wildman–Crippen LogP) is 1.50. The third kappa shape index (κ3) is 2.57. The number of nitro benzene ring substituents is 1. The number of carbonyl (C=O) groups is 1. The first-order valence-electron chi connectivity index (χ1n) is 5.38. The van der Waals surface area contributed by atoms with E-state index in [0.29, 0.717) is 5.56 Å². The Morgan fingerprint density at radius 1 is 1.53 bits per heavy atom. The van der Waals surface area contributed by atoms with E-state index in [2.05, 4.69) is 10.1 Å². The first-order chi connectivity index (χ1) is 8.99. The summed E-state index contributed by atoms with van der Waals surface area (Å²) in [5, 5.41) is 23.5. The third-order valence-electron chi connectivity index (χ3n) is 2.58. The molecule has 0 aliphatic rings.